The maximum absolute atomic E-state index is 9.79. The molecule has 0 atom stereocenters. The quantitative estimate of drug-likeness (QED) is 0.457. The summed E-state index contributed by atoms with van der Waals surface area (Å²) in [6.07, 6.45) is 0. The normalized spacial score (nSPS) is 8.14. The molecule has 41 valence electrons. The summed E-state index contributed by atoms with van der Waals surface area (Å²) >= 11 is 0. The molecule has 0 saturated carbocycles. The molecule has 0 rings (SSSR count). The molecule has 0 aromatic heterocycles. The van der Waals surface area contributed by atoms with Crippen molar-refractivity contribution in [2.45, 2.75) is 0 Å². The molecule has 0 aliphatic rings. The van der Waals surface area contributed by atoms with Gasteiger partial charge in [0.2, 0.25) is 0 Å². The third kappa shape index (κ3) is 5.23. The van der Waals surface area contributed by atoms with Gasteiger partial charge in [-0.05, 0) is 0 Å². The first-order valence-corrected chi connectivity index (χ1v) is 1.95. The number of nitrogens with two attached hydrogens (primary N) is 1. The Labute approximate surface area is 41.9 Å². The molecule has 4 heteroatoms. The van der Waals surface area contributed by atoms with E-state index in [1.807, 2.05) is 0 Å². The molecule has 0 unspecified atom stereocenters. The second-order valence-corrected chi connectivity index (χ2v) is 1.04. The van der Waals surface area contributed by atoms with Crippen molar-refractivity contribution in [1.82, 2.24) is 11.1 Å². The van der Waals surface area contributed by atoms with E-state index in [0.29, 0.717) is 6.54 Å². The van der Waals surface area contributed by atoms with E-state index in [2.05, 4.69) is 11.1 Å². The number of nitrogens with one attached hydrogen (secondary N) is 2. The lowest BCUT2D eigenvalue weighted by molar-refractivity contribution is 0.249. The Morgan fingerprint density at radius 2 is 2.43 bits per heavy atom. The van der Waals surface area contributed by atoms with Crippen molar-refractivity contribution in [3.8, 4) is 0 Å². The second-order valence-electron chi connectivity index (χ2n) is 1.04. The highest BCUT2D eigenvalue weighted by Crippen LogP contribution is 1.52. The van der Waals surface area contributed by atoms with Crippen molar-refractivity contribution in [2.75, 3.05) is 13.1 Å². The van der Waals surface area contributed by atoms with Crippen LogP contribution in [0.4, 0.5) is 4.79 Å². The number of amides is 2. The summed E-state index contributed by atoms with van der Waals surface area (Å²) in [5, 5.41) is 2.25. The van der Waals surface area contributed by atoms with Crippen molar-refractivity contribution >= 4 is 6.03 Å². The molecule has 0 bridgehead atoms. The van der Waals surface area contributed by atoms with Gasteiger partial charge in [-0.3, -0.25) is 5.73 Å². The van der Waals surface area contributed by atoms with Crippen molar-refractivity contribution in [1.29, 1.82) is 0 Å². The van der Waals surface area contributed by atoms with Gasteiger partial charge in [-0.25, -0.2) is 4.79 Å². The zero-order valence-electron chi connectivity index (χ0n) is 3.90. The van der Waals surface area contributed by atoms with Crippen LogP contribution in [0.2, 0.25) is 0 Å². The van der Waals surface area contributed by atoms with E-state index in [0.717, 1.165) is 0 Å². The van der Waals surface area contributed by atoms with Gasteiger partial charge in [0.05, 0.1) is 0 Å². The van der Waals surface area contributed by atoms with Crippen LogP contribution in [0.25, 0.3) is 0 Å². The number of carbonyl (C=O) groups is 1. The fraction of sp³-hybridized carbons (Fsp3) is 0.667. The molecule has 0 aromatic rings. The molecule has 0 heterocycles. The summed E-state index contributed by atoms with van der Waals surface area (Å²) in [6.45, 7) is 0.526. The number of hydrogen-bond acceptors (Lipinski definition) is 1. The molecule has 0 spiro atoms. The largest absolute Gasteiger partial charge is 0.352 e. The molecular weight excluding hydrogens is 94.1 g/mol. The van der Waals surface area contributed by atoms with E-state index in [4.69, 9.17) is 5.73 Å². The second kappa shape index (κ2) is 3.42. The average molecular weight is 102 g/mol. The zero-order chi connectivity index (χ0) is 5.70. The molecule has 1 radical (unpaired) electrons. The first-order chi connectivity index (χ1) is 3.27. The van der Waals surface area contributed by atoms with Crippen LogP contribution >= 0.6 is 0 Å². The lowest BCUT2D eigenvalue weighted by Gasteiger charge is -1.92. The van der Waals surface area contributed by atoms with Gasteiger partial charge < -0.3 is 11.1 Å². The van der Waals surface area contributed by atoms with E-state index in [1.54, 1.807) is 0 Å². The van der Waals surface area contributed by atoms with Gasteiger partial charge in [-0.1, -0.05) is 0 Å². The number of urea groups is 1. The van der Waals surface area contributed by atoms with E-state index in [9.17, 15) is 4.79 Å². The van der Waals surface area contributed by atoms with Gasteiger partial charge in [-0.2, -0.15) is 0 Å². The highest BCUT2D eigenvalue weighted by atomic mass is 16.2. The smallest absolute Gasteiger partial charge is 0.312 e. The Morgan fingerprint density at radius 3 is 2.57 bits per heavy atom. The monoisotopic (exact) mass is 102 g/mol. The fourth-order valence-electron chi connectivity index (χ4n) is 0.186. The summed E-state index contributed by atoms with van der Waals surface area (Å²) in [5.41, 5.74) is 11.2. The van der Waals surface area contributed by atoms with Crippen LogP contribution in [0.5, 0.6) is 0 Å². The lowest BCUT2D eigenvalue weighted by Crippen LogP contribution is -2.31. The Balaban J connectivity index is 2.82. The Bertz CT molecular complexity index is 63.2. The van der Waals surface area contributed by atoms with Crippen molar-refractivity contribution in [3.63, 3.8) is 0 Å². The molecular formula is C3H8N3O. The summed E-state index contributed by atoms with van der Waals surface area (Å²) in [4.78, 5) is 9.79. The van der Waals surface area contributed by atoms with Crippen LogP contribution in [0.3, 0.4) is 0 Å². The first-order valence-electron chi connectivity index (χ1n) is 1.95. The minimum atomic E-state index is -0.563. The van der Waals surface area contributed by atoms with Crippen LogP contribution < -0.4 is 16.8 Å². The Kier molecular flexibility index (Phi) is 3.04. The Hall–Kier alpha value is -0.770. The molecule has 0 aromatic carbocycles. The molecule has 0 aliphatic heterocycles. The maximum atomic E-state index is 9.79. The Morgan fingerprint density at radius 1 is 1.86 bits per heavy atom. The molecule has 0 saturated heterocycles. The predicted molar refractivity (Wildman–Crippen MR) is 25.5 cm³/mol. The van der Waals surface area contributed by atoms with Crippen LogP contribution in [0, 0.1) is 0 Å². The maximum Gasteiger partial charge on any atom is 0.312 e. The van der Waals surface area contributed by atoms with Crippen LogP contribution in [0.15, 0.2) is 0 Å². The highest BCUT2D eigenvalue weighted by molar-refractivity contribution is 5.71. The SMILES string of the molecule is [NH]CCNC(N)=O. The fourth-order valence-corrected chi connectivity index (χ4v) is 0.186. The summed E-state index contributed by atoms with van der Waals surface area (Å²) in [6, 6.07) is -0.563. The van der Waals surface area contributed by atoms with E-state index in [-0.39, 0.29) is 6.54 Å². The van der Waals surface area contributed by atoms with Gasteiger partial charge in [0.15, 0.2) is 0 Å². The first kappa shape index (κ1) is 6.23. The number of carbonyl (C=O) groups excluding carboxylic acids is 1. The third-order valence-corrected chi connectivity index (χ3v) is 0.424. The van der Waals surface area contributed by atoms with Gasteiger partial charge in [-0.15, -0.1) is 0 Å². The number of hydrogen-bond donors (Lipinski definition) is 2. The standard InChI is InChI=1S/C3H8N3O/c4-1-2-6-3(5)7/h4H,1-2H2,(H3,5,6,7). The average Bonchev–Trinajstić information content (AvgIpc) is 1.61. The van der Waals surface area contributed by atoms with Gasteiger partial charge in [0.1, 0.15) is 0 Å². The third-order valence-electron chi connectivity index (χ3n) is 0.424. The number of primary amides is 1. The minimum Gasteiger partial charge on any atom is -0.352 e. The summed E-state index contributed by atoms with van der Waals surface area (Å²) < 4.78 is 0. The molecule has 0 aliphatic carbocycles. The topological polar surface area (TPSA) is 78.9 Å². The molecule has 4 nitrogen and oxygen atoms in total. The molecule has 0 fully saturated rings. The van der Waals surface area contributed by atoms with Gasteiger partial charge in [0, 0.05) is 13.1 Å². The van der Waals surface area contributed by atoms with E-state index < -0.39 is 6.03 Å². The molecule has 2 amide bonds. The van der Waals surface area contributed by atoms with Gasteiger partial charge in [0.25, 0.3) is 0 Å². The number of rotatable bonds is 2. The van der Waals surface area contributed by atoms with Crippen LogP contribution in [-0.4, -0.2) is 19.1 Å². The van der Waals surface area contributed by atoms with E-state index in [1.165, 1.54) is 0 Å². The summed E-state index contributed by atoms with van der Waals surface area (Å²) in [5.74, 6) is 0. The van der Waals surface area contributed by atoms with Crippen molar-refractivity contribution in [2.24, 2.45) is 5.73 Å². The lowest BCUT2D eigenvalue weighted by atomic mass is 10.6. The van der Waals surface area contributed by atoms with Crippen LogP contribution in [-0.2, 0) is 0 Å². The molecule has 4 N–H and O–H groups in total. The van der Waals surface area contributed by atoms with E-state index >= 15 is 0 Å². The van der Waals surface area contributed by atoms with Gasteiger partial charge >= 0.3 is 6.03 Å². The highest BCUT2D eigenvalue weighted by Gasteiger charge is 1.84. The molecule has 7 heavy (non-hydrogen) atoms. The zero-order valence-corrected chi connectivity index (χ0v) is 3.90. The van der Waals surface area contributed by atoms with Crippen LogP contribution in [0.1, 0.15) is 0 Å². The summed E-state index contributed by atoms with van der Waals surface area (Å²) in [7, 11) is 0. The van der Waals surface area contributed by atoms with Crippen molar-refractivity contribution < 1.29 is 4.79 Å². The van der Waals surface area contributed by atoms with Crippen molar-refractivity contribution in [3.05, 3.63) is 0 Å². The minimum absolute atomic E-state index is 0.183. The predicted octanol–water partition coefficient (Wildman–Crippen LogP) is -1.06.